The summed E-state index contributed by atoms with van der Waals surface area (Å²) in [5, 5.41) is 1.18. The predicted molar refractivity (Wildman–Crippen MR) is 90.0 cm³/mol. The third kappa shape index (κ3) is 2.83. The highest BCUT2D eigenvalue weighted by molar-refractivity contribution is 8.07. The summed E-state index contributed by atoms with van der Waals surface area (Å²) in [6, 6.07) is 6.59. The molecular formula is C16H23NOS2. The number of aryl methyl sites for hydroxylation is 1. The summed E-state index contributed by atoms with van der Waals surface area (Å²) >= 11 is 4.14. The van der Waals surface area contributed by atoms with E-state index in [0.29, 0.717) is 10.5 Å². The number of nitrogens with two attached hydrogens (primary N) is 1. The maximum atomic E-state index is 6.65. The Labute approximate surface area is 130 Å². The van der Waals surface area contributed by atoms with Gasteiger partial charge in [-0.05, 0) is 24.8 Å². The Balaban J connectivity index is 1.88. The van der Waals surface area contributed by atoms with Crippen LogP contribution in [0.4, 0.5) is 0 Å². The van der Waals surface area contributed by atoms with Crippen molar-refractivity contribution >= 4 is 23.5 Å². The molecule has 0 spiro atoms. The predicted octanol–water partition coefficient (Wildman–Crippen LogP) is 3.64. The van der Waals surface area contributed by atoms with E-state index >= 15 is 0 Å². The summed E-state index contributed by atoms with van der Waals surface area (Å²) in [4.78, 5) is 0. The Bertz CT molecular complexity index is 466. The molecule has 0 aromatic heterocycles. The number of hydrogen-bond donors (Lipinski definition) is 1. The summed E-state index contributed by atoms with van der Waals surface area (Å²) in [6.45, 7) is 3.11. The summed E-state index contributed by atoms with van der Waals surface area (Å²) in [6.07, 6.45) is 3.45. The second-order valence-electron chi connectivity index (χ2n) is 5.47. The molecule has 0 bridgehead atoms. The maximum Gasteiger partial charge on any atom is 0.127 e. The van der Waals surface area contributed by atoms with Gasteiger partial charge in [-0.1, -0.05) is 25.1 Å². The SMILES string of the molecule is CCC1SCCSC1C(N)c1cccc2c1OCCC2. The van der Waals surface area contributed by atoms with Crippen LogP contribution in [-0.2, 0) is 6.42 Å². The average Bonchev–Trinajstić information content (AvgIpc) is 2.53. The first-order valence-electron chi connectivity index (χ1n) is 7.54. The summed E-state index contributed by atoms with van der Waals surface area (Å²) in [5.41, 5.74) is 9.21. The molecule has 1 aromatic rings. The average molecular weight is 310 g/mol. The van der Waals surface area contributed by atoms with Gasteiger partial charge in [0.2, 0.25) is 0 Å². The Kier molecular flexibility index (Phi) is 4.84. The van der Waals surface area contributed by atoms with E-state index < -0.39 is 0 Å². The molecule has 0 saturated carbocycles. The summed E-state index contributed by atoms with van der Waals surface area (Å²) < 4.78 is 5.94. The van der Waals surface area contributed by atoms with E-state index in [0.717, 1.165) is 25.2 Å². The van der Waals surface area contributed by atoms with E-state index in [1.807, 2.05) is 11.8 Å². The lowest BCUT2D eigenvalue weighted by Gasteiger charge is -2.35. The minimum Gasteiger partial charge on any atom is -0.493 e. The normalized spacial score (nSPS) is 27.5. The molecular weight excluding hydrogens is 286 g/mol. The number of fused-ring (bicyclic) bond motifs is 1. The fraction of sp³-hybridized carbons (Fsp3) is 0.625. The van der Waals surface area contributed by atoms with Crippen LogP contribution in [0.15, 0.2) is 18.2 Å². The summed E-state index contributed by atoms with van der Waals surface area (Å²) in [7, 11) is 0. The molecule has 2 N–H and O–H groups in total. The molecule has 3 unspecified atom stereocenters. The second kappa shape index (κ2) is 6.63. The van der Waals surface area contributed by atoms with Gasteiger partial charge in [0.15, 0.2) is 0 Å². The van der Waals surface area contributed by atoms with Crippen LogP contribution in [0.5, 0.6) is 5.75 Å². The van der Waals surface area contributed by atoms with E-state index in [-0.39, 0.29) is 6.04 Å². The highest BCUT2D eigenvalue weighted by Gasteiger charge is 2.33. The standard InChI is InChI=1S/C16H23NOS2/c1-2-13-16(20-10-9-19-13)14(17)12-7-3-5-11-6-4-8-18-15(11)12/h3,5,7,13-14,16H,2,4,6,8-10,17H2,1H3. The van der Waals surface area contributed by atoms with E-state index in [1.54, 1.807) is 0 Å². The largest absolute Gasteiger partial charge is 0.493 e. The number of rotatable bonds is 3. The van der Waals surface area contributed by atoms with E-state index in [2.05, 4.69) is 36.9 Å². The molecule has 3 rings (SSSR count). The Morgan fingerprint density at radius 2 is 2.20 bits per heavy atom. The van der Waals surface area contributed by atoms with Crippen molar-refractivity contribution in [2.24, 2.45) is 5.73 Å². The van der Waals surface area contributed by atoms with E-state index in [9.17, 15) is 0 Å². The van der Waals surface area contributed by atoms with Crippen molar-refractivity contribution in [2.75, 3.05) is 18.1 Å². The third-order valence-electron chi connectivity index (χ3n) is 4.17. The van der Waals surface area contributed by atoms with Gasteiger partial charge >= 0.3 is 0 Å². The Morgan fingerprint density at radius 3 is 3.05 bits per heavy atom. The molecule has 1 saturated heterocycles. The Morgan fingerprint density at radius 1 is 1.35 bits per heavy atom. The van der Waals surface area contributed by atoms with Crippen molar-refractivity contribution in [1.82, 2.24) is 0 Å². The molecule has 0 amide bonds. The first-order valence-corrected chi connectivity index (χ1v) is 9.64. The highest BCUT2D eigenvalue weighted by Crippen LogP contribution is 2.42. The molecule has 2 heterocycles. The molecule has 0 aliphatic carbocycles. The molecule has 110 valence electrons. The van der Waals surface area contributed by atoms with Crippen LogP contribution in [0.25, 0.3) is 0 Å². The number of thioether (sulfide) groups is 2. The topological polar surface area (TPSA) is 35.2 Å². The molecule has 20 heavy (non-hydrogen) atoms. The molecule has 4 heteroatoms. The van der Waals surface area contributed by atoms with Crippen molar-refractivity contribution in [3.8, 4) is 5.75 Å². The van der Waals surface area contributed by atoms with Crippen LogP contribution in [0, 0.1) is 0 Å². The van der Waals surface area contributed by atoms with Crippen LogP contribution in [-0.4, -0.2) is 28.6 Å². The van der Waals surface area contributed by atoms with Crippen LogP contribution >= 0.6 is 23.5 Å². The highest BCUT2D eigenvalue weighted by atomic mass is 32.2. The molecule has 1 fully saturated rings. The lowest BCUT2D eigenvalue weighted by Crippen LogP contribution is -2.36. The first-order chi connectivity index (χ1) is 9.81. The lowest BCUT2D eigenvalue weighted by molar-refractivity contribution is 0.283. The van der Waals surface area contributed by atoms with Crippen molar-refractivity contribution in [1.29, 1.82) is 0 Å². The van der Waals surface area contributed by atoms with Crippen LogP contribution < -0.4 is 10.5 Å². The quantitative estimate of drug-likeness (QED) is 0.924. The number of para-hydroxylation sites is 1. The Hall–Kier alpha value is -0.320. The van der Waals surface area contributed by atoms with Gasteiger partial charge in [-0.15, -0.1) is 0 Å². The van der Waals surface area contributed by atoms with E-state index in [1.165, 1.54) is 29.1 Å². The van der Waals surface area contributed by atoms with Gasteiger partial charge in [0.05, 0.1) is 6.61 Å². The smallest absolute Gasteiger partial charge is 0.127 e. The van der Waals surface area contributed by atoms with Crippen molar-refractivity contribution in [2.45, 2.75) is 42.7 Å². The van der Waals surface area contributed by atoms with Crippen LogP contribution in [0.1, 0.15) is 36.9 Å². The van der Waals surface area contributed by atoms with Gasteiger partial charge in [0, 0.05) is 33.6 Å². The molecule has 1 aromatic carbocycles. The zero-order chi connectivity index (χ0) is 13.9. The summed E-state index contributed by atoms with van der Waals surface area (Å²) in [5.74, 6) is 3.56. The van der Waals surface area contributed by atoms with Gasteiger partial charge in [0.1, 0.15) is 5.75 Å². The van der Waals surface area contributed by atoms with Gasteiger partial charge in [-0.2, -0.15) is 23.5 Å². The fourth-order valence-corrected chi connectivity index (χ4v) is 6.30. The second-order valence-corrected chi connectivity index (χ2v) is 8.10. The zero-order valence-corrected chi connectivity index (χ0v) is 13.6. The first kappa shape index (κ1) is 14.6. The van der Waals surface area contributed by atoms with E-state index in [4.69, 9.17) is 10.5 Å². The molecule has 2 nitrogen and oxygen atoms in total. The monoisotopic (exact) mass is 309 g/mol. The molecule has 3 atom stereocenters. The maximum absolute atomic E-state index is 6.65. The number of hydrogen-bond acceptors (Lipinski definition) is 4. The van der Waals surface area contributed by atoms with Crippen molar-refractivity contribution in [3.63, 3.8) is 0 Å². The minimum absolute atomic E-state index is 0.0887. The molecule has 2 aliphatic rings. The van der Waals surface area contributed by atoms with Crippen LogP contribution in [0.2, 0.25) is 0 Å². The van der Waals surface area contributed by atoms with Gasteiger partial charge in [0.25, 0.3) is 0 Å². The molecule has 2 aliphatic heterocycles. The number of benzene rings is 1. The van der Waals surface area contributed by atoms with Gasteiger partial charge in [-0.25, -0.2) is 0 Å². The zero-order valence-electron chi connectivity index (χ0n) is 12.0. The van der Waals surface area contributed by atoms with Gasteiger partial charge in [-0.3, -0.25) is 0 Å². The number of ether oxygens (including phenoxy) is 1. The minimum atomic E-state index is 0.0887. The third-order valence-corrected chi connectivity index (χ3v) is 7.54. The van der Waals surface area contributed by atoms with Crippen molar-refractivity contribution < 1.29 is 4.74 Å². The molecule has 0 radical (unpaired) electrons. The van der Waals surface area contributed by atoms with Crippen LogP contribution in [0.3, 0.4) is 0 Å². The lowest BCUT2D eigenvalue weighted by atomic mass is 9.95. The van der Waals surface area contributed by atoms with Crippen molar-refractivity contribution in [3.05, 3.63) is 29.3 Å². The fourth-order valence-electron chi connectivity index (χ4n) is 3.12. The van der Waals surface area contributed by atoms with Gasteiger partial charge < -0.3 is 10.5 Å².